The van der Waals surface area contributed by atoms with E-state index in [9.17, 15) is 0 Å². The van der Waals surface area contributed by atoms with Crippen LogP contribution in [0.3, 0.4) is 0 Å². The minimum absolute atomic E-state index is 0.258. The lowest BCUT2D eigenvalue weighted by Gasteiger charge is -2.00. The summed E-state index contributed by atoms with van der Waals surface area (Å²) in [5, 5.41) is 11.6. The molecule has 0 saturated carbocycles. The molecule has 0 spiro atoms. The predicted octanol–water partition coefficient (Wildman–Crippen LogP) is 2.17. The number of nitrogens with one attached hydrogen (secondary N) is 1. The standard InChI is InChI=1S/C8H19NO.C2H6/c1-2-3-4-5-6-9-7-8-10;1-2/h9-10H,2-8H2,1H3;1-2H3. The van der Waals surface area contributed by atoms with Crippen LogP contribution >= 0.6 is 0 Å². The quantitative estimate of drug-likeness (QED) is 0.581. The highest BCUT2D eigenvalue weighted by molar-refractivity contribution is 4.46. The fourth-order valence-corrected chi connectivity index (χ4v) is 0.881. The van der Waals surface area contributed by atoms with Crippen LogP contribution in [0.4, 0.5) is 0 Å². The van der Waals surface area contributed by atoms with Gasteiger partial charge in [0, 0.05) is 6.54 Å². The largest absolute Gasteiger partial charge is 0.395 e. The van der Waals surface area contributed by atoms with Crippen LogP contribution in [0.5, 0.6) is 0 Å². The molecule has 0 heterocycles. The zero-order valence-corrected chi connectivity index (χ0v) is 8.90. The van der Waals surface area contributed by atoms with Gasteiger partial charge in [0.25, 0.3) is 0 Å². The molecule has 0 rings (SSSR count). The van der Waals surface area contributed by atoms with Crippen LogP contribution in [0.1, 0.15) is 46.5 Å². The van der Waals surface area contributed by atoms with Crippen LogP contribution in [0.25, 0.3) is 0 Å². The Morgan fingerprint density at radius 2 is 1.67 bits per heavy atom. The maximum absolute atomic E-state index is 8.41. The van der Waals surface area contributed by atoms with Crippen LogP contribution in [0.2, 0.25) is 0 Å². The highest BCUT2D eigenvalue weighted by Gasteiger charge is 1.86. The van der Waals surface area contributed by atoms with Gasteiger partial charge in [0.15, 0.2) is 0 Å². The predicted molar refractivity (Wildman–Crippen MR) is 55.4 cm³/mol. The maximum atomic E-state index is 8.41. The molecule has 0 aromatic carbocycles. The van der Waals surface area contributed by atoms with Crippen LogP contribution in [-0.2, 0) is 0 Å². The number of unbranched alkanes of at least 4 members (excludes halogenated alkanes) is 3. The third-order valence-electron chi connectivity index (χ3n) is 1.50. The summed E-state index contributed by atoms with van der Waals surface area (Å²) in [6, 6.07) is 0. The molecule has 0 aromatic rings. The van der Waals surface area contributed by atoms with Gasteiger partial charge < -0.3 is 10.4 Å². The first-order valence-electron chi connectivity index (χ1n) is 5.23. The molecule has 0 atom stereocenters. The first-order valence-corrected chi connectivity index (χ1v) is 5.23. The first-order chi connectivity index (χ1) is 5.91. The number of hydrogen-bond donors (Lipinski definition) is 2. The Kier molecular flexibility index (Phi) is 20.6. The van der Waals surface area contributed by atoms with Gasteiger partial charge in [0.2, 0.25) is 0 Å². The van der Waals surface area contributed by atoms with Gasteiger partial charge in [-0.2, -0.15) is 0 Å². The van der Waals surface area contributed by atoms with Crippen LogP contribution in [0.15, 0.2) is 0 Å². The van der Waals surface area contributed by atoms with Crippen LogP contribution in [-0.4, -0.2) is 24.8 Å². The Morgan fingerprint density at radius 1 is 1.00 bits per heavy atom. The van der Waals surface area contributed by atoms with Gasteiger partial charge in [-0.05, 0) is 13.0 Å². The van der Waals surface area contributed by atoms with Crippen molar-refractivity contribution in [2.45, 2.75) is 46.5 Å². The molecular formula is C10H25NO. The number of rotatable bonds is 7. The van der Waals surface area contributed by atoms with Gasteiger partial charge in [-0.15, -0.1) is 0 Å². The topological polar surface area (TPSA) is 32.3 Å². The van der Waals surface area contributed by atoms with Crippen LogP contribution in [0, 0.1) is 0 Å². The van der Waals surface area contributed by atoms with Crippen molar-refractivity contribution in [2.75, 3.05) is 19.7 Å². The minimum atomic E-state index is 0.258. The first kappa shape index (κ1) is 14.4. The van der Waals surface area contributed by atoms with Crippen molar-refractivity contribution in [3.8, 4) is 0 Å². The van der Waals surface area contributed by atoms with Crippen molar-refractivity contribution in [1.82, 2.24) is 5.32 Å². The van der Waals surface area contributed by atoms with E-state index in [1.807, 2.05) is 13.8 Å². The zero-order chi connectivity index (χ0) is 9.66. The SMILES string of the molecule is CC.CCCCCCNCCO. The van der Waals surface area contributed by atoms with Gasteiger partial charge in [-0.1, -0.05) is 40.0 Å². The average molecular weight is 175 g/mol. The number of aliphatic hydroxyl groups is 1. The van der Waals surface area contributed by atoms with Gasteiger partial charge in [0.05, 0.1) is 6.61 Å². The molecule has 2 N–H and O–H groups in total. The monoisotopic (exact) mass is 175 g/mol. The molecular weight excluding hydrogens is 150 g/mol. The summed E-state index contributed by atoms with van der Waals surface area (Å²) < 4.78 is 0. The van der Waals surface area contributed by atoms with E-state index < -0.39 is 0 Å². The van der Waals surface area contributed by atoms with Gasteiger partial charge in [-0.3, -0.25) is 0 Å². The second kappa shape index (κ2) is 17.1. The van der Waals surface area contributed by atoms with E-state index >= 15 is 0 Å². The molecule has 12 heavy (non-hydrogen) atoms. The highest BCUT2D eigenvalue weighted by Crippen LogP contribution is 1.96. The van der Waals surface area contributed by atoms with Gasteiger partial charge in [0.1, 0.15) is 0 Å². The Hall–Kier alpha value is -0.0800. The van der Waals surface area contributed by atoms with Crippen molar-refractivity contribution < 1.29 is 5.11 Å². The zero-order valence-electron chi connectivity index (χ0n) is 8.90. The fourth-order valence-electron chi connectivity index (χ4n) is 0.881. The molecule has 0 unspecified atom stereocenters. The van der Waals surface area contributed by atoms with Gasteiger partial charge in [-0.25, -0.2) is 0 Å². The third-order valence-corrected chi connectivity index (χ3v) is 1.50. The van der Waals surface area contributed by atoms with Crippen LogP contribution < -0.4 is 5.32 Å². The van der Waals surface area contributed by atoms with E-state index in [2.05, 4.69) is 12.2 Å². The van der Waals surface area contributed by atoms with E-state index in [1.54, 1.807) is 0 Å². The third kappa shape index (κ3) is 16.5. The molecule has 2 nitrogen and oxygen atoms in total. The Balaban J connectivity index is 0. The molecule has 0 amide bonds. The molecule has 0 aliphatic rings. The van der Waals surface area contributed by atoms with E-state index in [4.69, 9.17) is 5.11 Å². The summed E-state index contributed by atoms with van der Waals surface area (Å²) in [4.78, 5) is 0. The molecule has 0 fully saturated rings. The molecule has 0 bridgehead atoms. The second-order valence-electron chi connectivity index (χ2n) is 2.53. The fraction of sp³-hybridized carbons (Fsp3) is 1.00. The normalized spacial score (nSPS) is 9.00. The molecule has 0 aliphatic heterocycles. The lowest BCUT2D eigenvalue weighted by Crippen LogP contribution is -2.19. The van der Waals surface area contributed by atoms with E-state index in [-0.39, 0.29) is 6.61 Å². The summed E-state index contributed by atoms with van der Waals surface area (Å²) in [5.41, 5.74) is 0. The molecule has 2 heteroatoms. The van der Waals surface area contributed by atoms with E-state index in [0.717, 1.165) is 13.1 Å². The van der Waals surface area contributed by atoms with Crippen molar-refractivity contribution in [2.24, 2.45) is 0 Å². The van der Waals surface area contributed by atoms with E-state index in [1.165, 1.54) is 25.7 Å². The van der Waals surface area contributed by atoms with E-state index in [0.29, 0.717) is 0 Å². The summed E-state index contributed by atoms with van der Waals surface area (Å²) in [6.07, 6.45) is 5.18. The van der Waals surface area contributed by atoms with Crippen molar-refractivity contribution in [3.05, 3.63) is 0 Å². The van der Waals surface area contributed by atoms with Crippen molar-refractivity contribution >= 4 is 0 Å². The molecule has 0 aliphatic carbocycles. The molecule has 0 saturated heterocycles. The Morgan fingerprint density at radius 3 is 2.17 bits per heavy atom. The summed E-state index contributed by atoms with van der Waals surface area (Å²) in [5.74, 6) is 0. The average Bonchev–Trinajstić information content (AvgIpc) is 2.15. The number of aliphatic hydroxyl groups excluding tert-OH is 1. The molecule has 76 valence electrons. The lowest BCUT2D eigenvalue weighted by molar-refractivity contribution is 0.292. The Bertz CT molecular complexity index is 49.8. The summed E-state index contributed by atoms with van der Waals surface area (Å²) in [7, 11) is 0. The lowest BCUT2D eigenvalue weighted by atomic mass is 10.2. The number of hydrogen-bond acceptors (Lipinski definition) is 2. The Labute approximate surface area is 77.4 Å². The van der Waals surface area contributed by atoms with Gasteiger partial charge >= 0.3 is 0 Å². The molecule has 0 aromatic heterocycles. The van der Waals surface area contributed by atoms with Crippen molar-refractivity contribution in [1.29, 1.82) is 0 Å². The smallest absolute Gasteiger partial charge is 0.0555 e. The summed E-state index contributed by atoms with van der Waals surface area (Å²) in [6.45, 7) is 8.27. The highest BCUT2D eigenvalue weighted by atomic mass is 16.3. The van der Waals surface area contributed by atoms with Crippen molar-refractivity contribution in [3.63, 3.8) is 0 Å². The second-order valence-corrected chi connectivity index (χ2v) is 2.53. The molecule has 0 radical (unpaired) electrons. The summed E-state index contributed by atoms with van der Waals surface area (Å²) >= 11 is 0. The maximum Gasteiger partial charge on any atom is 0.0555 e. The minimum Gasteiger partial charge on any atom is -0.395 e.